The Morgan fingerprint density at radius 1 is 1.23 bits per heavy atom. The molecule has 114 valence electrons. The summed E-state index contributed by atoms with van der Waals surface area (Å²) in [5.74, 6) is 2.24. The van der Waals surface area contributed by atoms with Crippen LogP contribution in [0.3, 0.4) is 0 Å². The molecule has 0 aliphatic carbocycles. The summed E-state index contributed by atoms with van der Waals surface area (Å²) in [5.41, 5.74) is 1.53. The van der Waals surface area contributed by atoms with Gasteiger partial charge in [-0.25, -0.2) is 0 Å². The molecule has 1 aromatic carbocycles. The lowest BCUT2D eigenvalue weighted by Gasteiger charge is -2.01. The van der Waals surface area contributed by atoms with Crippen LogP contribution in [0.25, 0.3) is 11.0 Å². The average molecular weight is 299 g/mol. The van der Waals surface area contributed by atoms with Gasteiger partial charge in [-0.2, -0.15) is 0 Å². The van der Waals surface area contributed by atoms with Crippen molar-refractivity contribution in [2.24, 2.45) is 0 Å². The van der Waals surface area contributed by atoms with Crippen molar-refractivity contribution in [2.75, 3.05) is 7.11 Å². The monoisotopic (exact) mass is 299 g/mol. The number of rotatable bonds is 4. The summed E-state index contributed by atoms with van der Waals surface area (Å²) >= 11 is 0. The van der Waals surface area contributed by atoms with Crippen molar-refractivity contribution < 1.29 is 18.4 Å². The summed E-state index contributed by atoms with van der Waals surface area (Å²) in [5, 5.41) is 3.67. The van der Waals surface area contributed by atoms with Crippen LogP contribution in [0.15, 0.2) is 39.2 Å². The first-order valence-electron chi connectivity index (χ1n) is 6.99. The first-order chi connectivity index (χ1) is 10.6. The van der Waals surface area contributed by atoms with Crippen molar-refractivity contribution in [3.63, 3.8) is 0 Å². The lowest BCUT2D eigenvalue weighted by molar-refractivity contribution is 0.0925. The number of hydrogen-bond acceptors (Lipinski definition) is 4. The summed E-state index contributed by atoms with van der Waals surface area (Å²) in [7, 11) is 1.57. The third-order valence-corrected chi connectivity index (χ3v) is 3.53. The van der Waals surface area contributed by atoms with E-state index in [0.717, 1.165) is 22.5 Å². The molecule has 0 bridgehead atoms. The van der Waals surface area contributed by atoms with Crippen molar-refractivity contribution in [3.8, 4) is 5.75 Å². The molecule has 0 saturated carbocycles. The number of amides is 1. The van der Waals surface area contributed by atoms with Crippen molar-refractivity contribution in [1.82, 2.24) is 5.32 Å². The van der Waals surface area contributed by atoms with Gasteiger partial charge in [0.05, 0.1) is 7.11 Å². The Morgan fingerprint density at radius 3 is 2.73 bits per heavy atom. The lowest BCUT2D eigenvalue weighted by atomic mass is 10.2. The fourth-order valence-corrected chi connectivity index (χ4v) is 2.43. The standard InChI is InChI=1S/C17H17NO4/c1-10-7-13(11(2)21-10)9-18-17(19)15-8-12-5-4-6-14(20-3)16(12)22-15/h4-8H,9H2,1-3H3,(H,18,19). The zero-order chi connectivity index (χ0) is 15.7. The Bertz CT molecular complexity index is 828. The molecule has 0 unspecified atom stereocenters. The maximum atomic E-state index is 12.2. The Morgan fingerprint density at radius 2 is 2.05 bits per heavy atom. The minimum Gasteiger partial charge on any atom is -0.493 e. The number of carbonyl (C=O) groups is 1. The van der Waals surface area contributed by atoms with Crippen LogP contribution in [0.1, 0.15) is 27.6 Å². The van der Waals surface area contributed by atoms with Gasteiger partial charge in [0.1, 0.15) is 11.5 Å². The minimum atomic E-state index is -0.267. The molecule has 5 heteroatoms. The maximum absolute atomic E-state index is 12.2. The highest BCUT2D eigenvalue weighted by Gasteiger charge is 2.15. The maximum Gasteiger partial charge on any atom is 0.287 e. The van der Waals surface area contributed by atoms with E-state index in [0.29, 0.717) is 17.9 Å². The molecule has 0 radical (unpaired) electrons. The average Bonchev–Trinajstić information content (AvgIpc) is 3.07. The molecular weight excluding hydrogens is 282 g/mol. The fraction of sp³-hybridized carbons (Fsp3) is 0.235. The molecule has 0 spiro atoms. The highest BCUT2D eigenvalue weighted by Crippen LogP contribution is 2.28. The molecule has 1 N–H and O–H groups in total. The number of aryl methyl sites for hydroxylation is 2. The first kappa shape index (κ1) is 14.3. The smallest absolute Gasteiger partial charge is 0.287 e. The van der Waals surface area contributed by atoms with E-state index in [9.17, 15) is 4.79 Å². The van der Waals surface area contributed by atoms with Crippen molar-refractivity contribution in [3.05, 3.63) is 53.2 Å². The zero-order valence-electron chi connectivity index (χ0n) is 12.7. The van der Waals surface area contributed by atoms with Crippen LogP contribution < -0.4 is 10.1 Å². The number of ether oxygens (including phenoxy) is 1. The molecule has 5 nitrogen and oxygen atoms in total. The van der Waals surface area contributed by atoms with E-state index < -0.39 is 0 Å². The molecule has 0 aliphatic heterocycles. The highest BCUT2D eigenvalue weighted by atomic mass is 16.5. The topological polar surface area (TPSA) is 64.6 Å². The number of carbonyl (C=O) groups excluding carboxylic acids is 1. The van der Waals surface area contributed by atoms with Gasteiger partial charge in [-0.05, 0) is 32.0 Å². The molecule has 3 rings (SSSR count). The van der Waals surface area contributed by atoms with E-state index in [1.807, 2.05) is 32.0 Å². The normalized spacial score (nSPS) is 10.9. The number of hydrogen-bond donors (Lipinski definition) is 1. The first-order valence-corrected chi connectivity index (χ1v) is 6.99. The molecule has 0 atom stereocenters. The second-order valence-electron chi connectivity index (χ2n) is 5.11. The second-order valence-corrected chi connectivity index (χ2v) is 5.11. The van der Waals surface area contributed by atoms with E-state index in [1.165, 1.54) is 0 Å². The third-order valence-electron chi connectivity index (χ3n) is 3.53. The molecule has 2 aromatic heterocycles. The quantitative estimate of drug-likeness (QED) is 0.799. The molecule has 2 heterocycles. The number of furan rings is 2. The van der Waals surface area contributed by atoms with Crippen molar-refractivity contribution in [2.45, 2.75) is 20.4 Å². The lowest BCUT2D eigenvalue weighted by Crippen LogP contribution is -2.22. The molecule has 22 heavy (non-hydrogen) atoms. The zero-order valence-corrected chi connectivity index (χ0v) is 12.7. The Hall–Kier alpha value is -2.69. The van der Waals surface area contributed by atoms with Crippen molar-refractivity contribution in [1.29, 1.82) is 0 Å². The SMILES string of the molecule is COc1cccc2cc(C(=O)NCc3cc(C)oc3C)oc12. The second kappa shape index (κ2) is 5.60. The van der Waals surface area contributed by atoms with Gasteiger partial charge in [-0.3, -0.25) is 4.79 Å². The summed E-state index contributed by atoms with van der Waals surface area (Å²) in [6.45, 7) is 4.15. The van der Waals surface area contributed by atoms with Gasteiger partial charge in [-0.15, -0.1) is 0 Å². The summed E-state index contributed by atoms with van der Waals surface area (Å²) < 4.78 is 16.3. The van der Waals surface area contributed by atoms with Crippen LogP contribution >= 0.6 is 0 Å². The minimum absolute atomic E-state index is 0.261. The van der Waals surface area contributed by atoms with Crippen molar-refractivity contribution >= 4 is 16.9 Å². The Kier molecular flexibility index (Phi) is 3.63. The Balaban J connectivity index is 1.79. The molecule has 0 aliphatic rings. The predicted octanol–water partition coefficient (Wildman–Crippen LogP) is 3.58. The van der Waals surface area contributed by atoms with Gasteiger partial charge in [0.15, 0.2) is 17.1 Å². The number of para-hydroxylation sites is 1. The van der Waals surface area contributed by atoms with E-state index in [1.54, 1.807) is 19.2 Å². The fourth-order valence-electron chi connectivity index (χ4n) is 2.43. The molecule has 3 aromatic rings. The van der Waals surface area contributed by atoms with Gasteiger partial charge in [0.25, 0.3) is 5.91 Å². The van der Waals surface area contributed by atoms with Gasteiger partial charge in [0, 0.05) is 17.5 Å². The predicted molar refractivity (Wildman–Crippen MR) is 82.1 cm³/mol. The summed E-state index contributed by atoms with van der Waals surface area (Å²) in [4.78, 5) is 12.2. The van der Waals surface area contributed by atoms with Crippen LogP contribution in [0.4, 0.5) is 0 Å². The van der Waals surface area contributed by atoms with Crippen LogP contribution in [-0.4, -0.2) is 13.0 Å². The van der Waals surface area contributed by atoms with Crippen LogP contribution in [0.5, 0.6) is 5.75 Å². The summed E-state index contributed by atoms with van der Waals surface area (Å²) in [6, 6.07) is 9.15. The van der Waals surface area contributed by atoms with E-state index >= 15 is 0 Å². The number of fused-ring (bicyclic) bond motifs is 1. The number of nitrogens with one attached hydrogen (secondary N) is 1. The van der Waals surface area contributed by atoms with Crippen LogP contribution in [0.2, 0.25) is 0 Å². The van der Waals surface area contributed by atoms with Gasteiger partial charge in [-0.1, -0.05) is 12.1 Å². The largest absolute Gasteiger partial charge is 0.493 e. The van der Waals surface area contributed by atoms with Crippen LogP contribution in [-0.2, 0) is 6.54 Å². The molecule has 0 saturated heterocycles. The van der Waals surface area contributed by atoms with E-state index in [-0.39, 0.29) is 11.7 Å². The van der Waals surface area contributed by atoms with E-state index in [4.69, 9.17) is 13.6 Å². The van der Waals surface area contributed by atoms with Gasteiger partial charge in [0.2, 0.25) is 0 Å². The number of benzene rings is 1. The molecule has 0 fully saturated rings. The molecular formula is C17H17NO4. The third kappa shape index (κ3) is 2.57. The van der Waals surface area contributed by atoms with Gasteiger partial charge >= 0.3 is 0 Å². The summed E-state index contributed by atoms with van der Waals surface area (Å²) in [6.07, 6.45) is 0. The van der Waals surface area contributed by atoms with Gasteiger partial charge < -0.3 is 18.9 Å². The van der Waals surface area contributed by atoms with E-state index in [2.05, 4.69) is 5.32 Å². The molecule has 1 amide bonds. The highest BCUT2D eigenvalue weighted by molar-refractivity contribution is 5.97. The van der Waals surface area contributed by atoms with Crippen LogP contribution in [0, 0.1) is 13.8 Å². The Labute approximate surface area is 127 Å². The number of methoxy groups -OCH3 is 1.